The lowest BCUT2D eigenvalue weighted by atomic mass is 10.1. The molecule has 0 saturated carbocycles. The van der Waals surface area contributed by atoms with Gasteiger partial charge in [0.05, 0.1) is 31.8 Å². The molecule has 0 aliphatic carbocycles. The van der Waals surface area contributed by atoms with Crippen LogP contribution in [0.1, 0.15) is 11.1 Å². The van der Waals surface area contributed by atoms with Crippen molar-refractivity contribution in [1.29, 1.82) is 0 Å². The summed E-state index contributed by atoms with van der Waals surface area (Å²) in [4.78, 5) is 0.264. The van der Waals surface area contributed by atoms with Crippen LogP contribution in [0.5, 0.6) is 5.75 Å². The van der Waals surface area contributed by atoms with E-state index in [0.717, 1.165) is 0 Å². The highest BCUT2D eigenvalue weighted by Gasteiger charge is 2.19. The van der Waals surface area contributed by atoms with Gasteiger partial charge < -0.3 is 14.6 Å². The fourth-order valence-corrected chi connectivity index (χ4v) is 3.40. The summed E-state index contributed by atoms with van der Waals surface area (Å²) in [6.45, 7) is 3.95. The van der Waals surface area contributed by atoms with Gasteiger partial charge in [0, 0.05) is 6.54 Å². The zero-order valence-electron chi connectivity index (χ0n) is 12.0. The summed E-state index contributed by atoms with van der Waals surface area (Å²) in [7, 11) is -2.04. The van der Waals surface area contributed by atoms with Gasteiger partial charge in [0.1, 0.15) is 5.75 Å². The van der Waals surface area contributed by atoms with Gasteiger partial charge in [0.15, 0.2) is 0 Å². The summed E-state index contributed by atoms with van der Waals surface area (Å²) in [5.74, 6) is 0.630. The van der Waals surface area contributed by atoms with Crippen molar-refractivity contribution in [2.45, 2.75) is 18.7 Å². The minimum Gasteiger partial charge on any atom is -0.497 e. The molecule has 0 fully saturated rings. The maximum Gasteiger partial charge on any atom is 0.241 e. The standard InChI is InChI=1S/C13H21NO5S/c1-10-8-12(18-3)9-11(2)13(10)20(16,17)14-4-6-19-7-5-15/h8-9,14-15H,4-7H2,1-3H3. The van der Waals surface area contributed by atoms with Gasteiger partial charge in [-0.25, -0.2) is 13.1 Å². The number of aliphatic hydroxyl groups excluding tert-OH is 1. The summed E-state index contributed by atoms with van der Waals surface area (Å²) >= 11 is 0. The lowest BCUT2D eigenvalue weighted by Gasteiger charge is -2.13. The molecular weight excluding hydrogens is 282 g/mol. The first-order chi connectivity index (χ1) is 9.42. The third-order valence-electron chi connectivity index (χ3n) is 2.71. The number of sulfonamides is 1. The Hall–Kier alpha value is -1.15. The van der Waals surface area contributed by atoms with E-state index in [2.05, 4.69) is 4.72 Å². The summed E-state index contributed by atoms with van der Waals surface area (Å²) in [6.07, 6.45) is 0. The van der Waals surface area contributed by atoms with E-state index in [-0.39, 0.29) is 31.3 Å². The van der Waals surface area contributed by atoms with Crippen molar-refractivity contribution in [2.24, 2.45) is 0 Å². The highest BCUT2D eigenvalue weighted by atomic mass is 32.2. The van der Waals surface area contributed by atoms with Gasteiger partial charge in [0.25, 0.3) is 0 Å². The molecule has 6 nitrogen and oxygen atoms in total. The molecule has 0 aromatic heterocycles. The second-order valence-electron chi connectivity index (χ2n) is 4.32. The van der Waals surface area contributed by atoms with E-state index in [0.29, 0.717) is 16.9 Å². The first-order valence-electron chi connectivity index (χ1n) is 6.26. The van der Waals surface area contributed by atoms with Gasteiger partial charge >= 0.3 is 0 Å². The van der Waals surface area contributed by atoms with Crippen LogP contribution in [0.2, 0.25) is 0 Å². The summed E-state index contributed by atoms with van der Waals surface area (Å²) in [6, 6.07) is 3.37. The number of hydrogen-bond donors (Lipinski definition) is 2. The van der Waals surface area contributed by atoms with E-state index in [1.807, 2.05) is 0 Å². The number of benzene rings is 1. The fraction of sp³-hybridized carbons (Fsp3) is 0.538. The zero-order chi connectivity index (χ0) is 15.2. The normalized spacial score (nSPS) is 11.6. The molecule has 0 aliphatic rings. The molecule has 0 atom stereocenters. The Kier molecular flexibility index (Phi) is 6.41. The van der Waals surface area contributed by atoms with Crippen LogP contribution < -0.4 is 9.46 Å². The quantitative estimate of drug-likeness (QED) is 0.687. The molecule has 0 heterocycles. The Morgan fingerprint density at radius 1 is 1.20 bits per heavy atom. The predicted molar refractivity (Wildman–Crippen MR) is 75.6 cm³/mol. The molecule has 114 valence electrons. The number of ether oxygens (including phenoxy) is 2. The van der Waals surface area contributed by atoms with Crippen molar-refractivity contribution in [3.63, 3.8) is 0 Å². The highest BCUT2D eigenvalue weighted by Crippen LogP contribution is 2.25. The molecule has 0 radical (unpaired) electrons. The Bertz CT molecular complexity index is 519. The first kappa shape index (κ1) is 16.9. The second-order valence-corrected chi connectivity index (χ2v) is 6.03. The SMILES string of the molecule is COc1cc(C)c(S(=O)(=O)NCCOCCO)c(C)c1. The van der Waals surface area contributed by atoms with Gasteiger partial charge in [-0.1, -0.05) is 0 Å². The Morgan fingerprint density at radius 2 is 1.80 bits per heavy atom. The maximum atomic E-state index is 12.2. The van der Waals surface area contributed by atoms with E-state index in [1.165, 1.54) is 0 Å². The van der Waals surface area contributed by atoms with Crippen molar-refractivity contribution in [3.8, 4) is 5.75 Å². The van der Waals surface area contributed by atoms with Crippen LogP contribution in [-0.2, 0) is 14.8 Å². The Labute approximate surface area is 119 Å². The molecule has 20 heavy (non-hydrogen) atoms. The second kappa shape index (κ2) is 7.58. The van der Waals surface area contributed by atoms with Crippen LogP contribution >= 0.6 is 0 Å². The van der Waals surface area contributed by atoms with E-state index in [4.69, 9.17) is 14.6 Å². The van der Waals surface area contributed by atoms with Crippen LogP contribution in [0.25, 0.3) is 0 Å². The molecule has 2 N–H and O–H groups in total. The fourth-order valence-electron chi connectivity index (χ4n) is 1.94. The van der Waals surface area contributed by atoms with Crippen molar-refractivity contribution in [3.05, 3.63) is 23.3 Å². The molecule has 1 aromatic rings. The molecule has 0 amide bonds. The molecule has 0 saturated heterocycles. The number of methoxy groups -OCH3 is 1. The highest BCUT2D eigenvalue weighted by molar-refractivity contribution is 7.89. The van der Waals surface area contributed by atoms with Crippen molar-refractivity contribution in [2.75, 3.05) is 33.5 Å². The molecule has 0 bridgehead atoms. The molecule has 7 heteroatoms. The molecular formula is C13H21NO5S. The third-order valence-corrected chi connectivity index (χ3v) is 4.48. The molecule has 0 aliphatic heterocycles. The minimum absolute atomic E-state index is 0.0799. The lowest BCUT2D eigenvalue weighted by molar-refractivity contribution is 0.0961. The monoisotopic (exact) mass is 303 g/mol. The van der Waals surface area contributed by atoms with E-state index >= 15 is 0 Å². The van der Waals surface area contributed by atoms with Crippen LogP contribution in [-0.4, -0.2) is 47.0 Å². The summed E-state index contributed by atoms with van der Waals surface area (Å²) in [5.41, 5.74) is 1.26. The van der Waals surface area contributed by atoms with E-state index in [1.54, 1.807) is 33.1 Å². The van der Waals surface area contributed by atoms with E-state index in [9.17, 15) is 8.42 Å². The lowest BCUT2D eigenvalue weighted by Crippen LogP contribution is -2.29. The number of hydrogen-bond acceptors (Lipinski definition) is 5. The number of aryl methyl sites for hydroxylation is 2. The molecule has 1 rings (SSSR count). The van der Waals surface area contributed by atoms with Crippen LogP contribution in [0, 0.1) is 13.8 Å². The van der Waals surface area contributed by atoms with E-state index < -0.39 is 10.0 Å². The van der Waals surface area contributed by atoms with Crippen LogP contribution in [0.4, 0.5) is 0 Å². The predicted octanol–water partition coefficient (Wildman–Crippen LogP) is 0.599. The zero-order valence-corrected chi connectivity index (χ0v) is 12.8. The van der Waals surface area contributed by atoms with Gasteiger partial charge in [-0.3, -0.25) is 0 Å². The number of rotatable bonds is 8. The first-order valence-corrected chi connectivity index (χ1v) is 7.74. The molecule has 0 spiro atoms. The van der Waals surface area contributed by atoms with Crippen molar-refractivity contribution >= 4 is 10.0 Å². The largest absolute Gasteiger partial charge is 0.497 e. The van der Waals surface area contributed by atoms with Crippen LogP contribution in [0.3, 0.4) is 0 Å². The summed E-state index contributed by atoms with van der Waals surface area (Å²) < 4.78 is 37.1. The topological polar surface area (TPSA) is 84.9 Å². The average molecular weight is 303 g/mol. The minimum atomic E-state index is -3.58. The van der Waals surface area contributed by atoms with Crippen molar-refractivity contribution in [1.82, 2.24) is 4.72 Å². The van der Waals surface area contributed by atoms with Crippen LogP contribution in [0.15, 0.2) is 17.0 Å². The third kappa shape index (κ3) is 4.45. The van der Waals surface area contributed by atoms with Crippen molar-refractivity contribution < 1.29 is 23.0 Å². The Balaban J connectivity index is 2.82. The van der Waals surface area contributed by atoms with Gasteiger partial charge in [-0.05, 0) is 37.1 Å². The van der Waals surface area contributed by atoms with Gasteiger partial charge in [0.2, 0.25) is 10.0 Å². The maximum absolute atomic E-state index is 12.2. The number of nitrogens with one attached hydrogen (secondary N) is 1. The Morgan fingerprint density at radius 3 is 2.30 bits per heavy atom. The number of aliphatic hydroxyl groups is 1. The average Bonchev–Trinajstić information content (AvgIpc) is 2.37. The summed E-state index contributed by atoms with van der Waals surface area (Å²) in [5, 5.41) is 8.55. The molecule has 1 aromatic carbocycles. The van der Waals surface area contributed by atoms with Gasteiger partial charge in [-0.2, -0.15) is 0 Å². The van der Waals surface area contributed by atoms with Gasteiger partial charge in [-0.15, -0.1) is 0 Å². The molecule has 0 unspecified atom stereocenters. The smallest absolute Gasteiger partial charge is 0.241 e.